The molecule has 0 fully saturated rings. The molecule has 1 heterocycles. The van der Waals surface area contributed by atoms with E-state index in [4.69, 9.17) is 5.73 Å². The van der Waals surface area contributed by atoms with Gasteiger partial charge in [0.25, 0.3) is 11.5 Å². The van der Waals surface area contributed by atoms with Crippen LogP contribution in [0.4, 0.5) is 0 Å². The number of carbonyl (C=O) groups is 1. The highest BCUT2D eigenvalue weighted by Gasteiger charge is 2.12. The number of amides is 1. The van der Waals surface area contributed by atoms with E-state index >= 15 is 0 Å². The zero-order chi connectivity index (χ0) is 17.8. The zero-order valence-electron chi connectivity index (χ0n) is 14.0. The van der Waals surface area contributed by atoms with E-state index in [1.54, 1.807) is 30.5 Å². The van der Waals surface area contributed by atoms with Gasteiger partial charge in [-0.3, -0.25) is 9.59 Å². The van der Waals surface area contributed by atoms with Gasteiger partial charge in [0.05, 0.1) is 18.1 Å². The summed E-state index contributed by atoms with van der Waals surface area (Å²) >= 11 is 0. The maximum atomic E-state index is 12.5. The maximum Gasteiger partial charge on any atom is 0.274 e. The van der Waals surface area contributed by atoms with Crippen LogP contribution in [0, 0.1) is 0 Å². The first-order valence-corrected chi connectivity index (χ1v) is 8.13. The van der Waals surface area contributed by atoms with Gasteiger partial charge in [0.1, 0.15) is 0 Å². The van der Waals surface area contributed by atoms with Crippen molar-refractivity contribution in [3.63, 3.8) is 0 Å². The molecule has 1 amide bonds. The van der Waals surface area contributed by atoms with Gasteiger partial charge in [-0.15, -0.1) is 0 Å². The Hall–Kier alpha value is -2.99. The van der Waals surface area contributed by atoms with Crippen molar-refractivity contribution in [3.05, 3.63) is 76.2 Å². The highest BCUT2D eigenvalue weighted by Crippen LogP contribution is 2.07. The molecule has 0 aliphatic carbocycles. The Bertz CT molecular complexity index is 965. The van der Waals surface area contributed by atoms with Crippen LogP contribution < -0.4 is 16.6 Å². The Morgan fingerprint density at radius 1 is 1.24 bits per heavy atom. The Morgan fingerprint density at radius 3 is 2.84 bits per heavy atom. The normalized spacial score (nSPS) is 12.1. The summed E-state index contributed by atoms with van der Waals surface area (Å²) in [5.74, 6) is -0.198. The van der Waals surface area contributed by atoms with E-state index in [1.165, 1.54) is 4.68 Å². The van der Waals surface area contributed by atoms with Gasteiger partial charge in [-0.1, -0.05) is 30.3 Å². The summed E-state index contributed by atoms with van der Waals surface area (Å²) in [6.45, 7) is 2.52. The molecule has 6 nitrogen and oxygen atoms in total. The average Bonchev–Trinajstić information content (AvgIpc) is 2.64. The van der Waals surface area contributed by atoms with E-state index in [0.717, 1.165) is 10.9 Å². The van der Waals surface area contributed by atoms with Crippen LogP contribution in [0.3, 0.4) is 0 Å². The van der Waals surface area contributed by atoms with Crippen LogP contribution in [0.1, 0.15) is 22.8 Å². The van der Waals surface area contributed by atoms with Crippen molar-refractivity contribution in [1.29, 1.82) is 0 Å². The fourth-order valence-electron chi connectivity index (χ4n) is 2.71. The summed E-state index contributed by atoms with van der Waals surface area (Å²) in [5, 5.41) is 8.50. The van der Waals surface area contributed by atoms with Gasteiger partial charge in [0, 0.05) is 23.5 Å². The molecule has 3 rings (SSSR count). The average molecular weight is 336 g/mol. The zero-order valence-corrected chi connectivity index (χ0v) is 14.0. The molecule has 3 aromatic rings. The number of fused-ring (bicyclic) bond motifs is 1. The molecular weight excluding hydrogens is 316 g/mol. The number of nitrogens with one attached hydrogen (secondary N) is 1. The van der Waals surface area contributed by atoms with E-state index in [9.17, 15) is 9.59 Å². The number of benzene rings is 2. The minimum Gasteiger partial charge on any atom is -0.348 e. The number of carbonyl (C=O) groups excluding carboxylic acids is 1. The standard InChI is InChI=1S/C19H20N4O2/c1-13(22-18(24)15-7-4-5-14(9-15)10-20)12-23-19(25)17-8-3-2-6-16(17)11-21-23/h2-9,11,13H,10,12,20H2,1H3,(H,22,24)/t13-/m1/s1. The van der Waals surface area contributed by atoms with Gasteiger partial charge in [-0.05, 0) is 30.7 Å². The van der Waals surface area contributed by atoms with E-state index in [0.29, 0.717) is 24.0 Å². The van der Waals surface area contributed by atoms with Crippen LogP contribution in [0.2, 0.25) is 0 Å². The van der Waals surface area contributed by atoms with Crippen molar-refractivity contribution in [3.8, 4) is 0 Å². The number of aromatic nitrogens is 2. The monoisotopic (exact) mass is 336 g/mol. The minimum atomic E-state index is -0.250. The molecule has 25 heavy (non-hydrogen) atoms. The molecule has 0 saturated heterocycles. The van der Waals surface area contributed by atoms with Gasteiger partial charge in [0.15, 0.2) is 0 Å². The molecule has 1 atom stereocenters. The lowest BCUT2D eigenvalue weighted by atomic mass is 10.1. The van der Waals surface area contributed by atoms with Crippen molar-refractivity contribution in [2.24, 2.45) is 5.73 Å². The largest absolute Gasteiger partial charge is 0.348 e. The summed E-state index contributed by atoms with van der Waals surface area (Å²) < 4.78 is 1.38. The SMILES string of the molecule is C[C@H](Cn1ncc2ccccc2c1=O)NC(=O)c1cccc(CN)c1. The summed E-state index contributed by atoms with van der Waals surface area (Å²) in [7, 11) is 0. The lowest BCUT2D eigenvalue weighted by molar-refractivity contribution is 0.0935. The fraction of sp³-hybridized carbons (Fsp3) is 0.211. The van der Waals surface area contributed by atoms with Crippen LogP contribution in [0.25, 0.3) is 10.8 Å². The third kappa shape index (κ3) is 3.75. The van der Waals surface area contributed by atoms with Gasteiger partial charge in [-0.25, -0.2) is 4.68 Å². The third-order valence-electron chi connectivity index (χ3n) is 4.01. The minimum absolute atomic E-state index is 0.163. The quantitative estimate of drug-likeness (QED) is 0.742. The second-order valence-electron chi connectivity index (χ2n) is 6.00. The van der Waals surface area contributed by atoms with Crippen LogP contribution in [0.15, 0.2) is 59.5 Å². The number of hydrogen-bond acceptors (Lipinski definition) is 4. The second-order valence-corrected chi connectivity index (χ2v) is 6.00. The molecule has 0 radical (unpaired) electrons. The summed E-state index contributed by atoms with van der Waals surface area (Å²) in [6.07, 6.45) is 1.66. The first-order valence-electron chi connectivity index (χ1n) is 8.13. The predicted octanol–water partition coefficient (Wildman–Crippen LogP) is 1.67. The van der Waals surface area contributed by atoms with Crippen molar-refractivity contribution < 1.29 is 4.79 Å². The van der Waals surface area contributed by atoms with E-state index in [-0.39, 0.29) is 17.5 Å². The van der Waals surface area contributed by atoms with Gasteiger partial charge in [0.2, 0.25) is 0 Å². The topological polar surface area (TPSA) is 90.0 Å². The molecular formula is C19H20N4O2. The van der Waals surface area contributed by atoms with Gasteiger partial charge in [-0.2, -0.15) is 5.10 Å². The van der Waals surface area contributed by atoms with Crippen LogP contribution in [-0.2, 0) is 13.1 Å². The molecule has 0 aliphatic rings. The predicted molar refractivity (Wildman–Crippen MR) is 97.3 cm³/mol. The van der Waals surface area contributed by atoms with Crippen molar-refractivity contribution in [2.45, 2.75) is 26.1 Å². The molecule has 6 heteroatoms. The molecule has 0 spiro atoms. The number of nitrogens with two attached hydrogens (primary N) is 1. The first-order chi connectivity index (χ1) is 12.1. The highest BCUT2D eigenvalue weighted by atomic mass is 16.2. The molecule has 0 aliphatic heterocycles. The Kier molecular flexibility index (Phi) is 4.90. The van der Waals surface area contributed by atoms with Crippen molar-refractivity contribution >= 4 is 16.7 Å². The first kappa shape index (κ1) is 16.9. The number of nitrogens with zero attached hydrogens (tertiary/aromatic N) is 2. The third-order valence-corrected chi connectivity index (χ3v) is 4.01. The van der Waals surface area contributed by atoms with Gasteiger partial charge >= 0.3 is 0 Å². The Balaban J connectivity index is 1.74. The van der Waals surface area contributed by atoms with E-state index < -0.39 is 0 Å². The maximum absolute atomic E-state index is 12.5. The second kappa shape index (κ2) is 7.27. The lowest BCUT2D eigenvalue weighted by Crippen LogP contribution is -2.39. The molecule has 1 aromatic heterocycles. The lowest BCUT2D eigenvalue weighted by Gasteiger charge is -2.15. The summed E-state index contributed by atoms with van der Waals surface area (Å²) in [6, 6.07) is 14.2. The molecule has 128 valence electrons. The fourth-order valence-corrected chi connectivity index (χ4v) is 2.71. The van der Waals surface area contributed by atoms with Crippen LogP contribution >= 0.6 is 0 Å². The molecule has 2 aromatic carbocycles. The summed E-state index contributed by atoms with van der Waals surface area (Å²) in [4.78, 5) is 24.8. The van der Waals surface area contributed by atoms with Crippen LogP contribution in [-0.4, -0.2) is 21.7 Å². The Labute approximate surface area is 145 Å². The highest BCUT2D eigenvalue weighted by molar-refractivity contribution is 5.94. The molecule has 0 unspecified atom stereocenters. The Morgan fingerprint density at radius 2 is 2.04 bits per heavy atom. The van der Waals surface area contributed by atoms with E-state index in [2.05, 4.69) is 10.4 Å². The molecule has 0 saturated carbocycles. The smallest absolute Gasteiger partial charge is 0.274 e. The molecule has 0 bridgehead atoms. The number of hydrogen-bond donors (Lipinski definition) is 2. The molecule has 3 N–H and O–H groups in total. The number of rotatable bonds is 5. The summed E-state index contributed by atoms with van der Waals surface area (Å²) in [5.41, 5.74) is 6.89. The van der Waals surface area contributed by atoms with Crippen molar-refractivity contribution in [2.75, 3.05) is 0 Å². The van der Waals surface area contributed by atoms with E-state index in [1.807, 2.05) is 31.2 Å². The van der Waals surface area contributed by atoms with Gasteiger partial charge < -0.3 is 11.1 Å². The van der Waals surface area contributed by atoms with Crippen LogP contribution in [0.5, 0.6) is 0 Å². The van der Waals surface area contributed by atoms with Crippen molar-refractivity contribution in [1.82, 2.24) is 15.1 Å².